The van der Waals surface area contributed by atoms with Crippen LogP contribution in [0.3, 0.4) is 0 Å². The molecule has 176 valence electrons. The Labute approximate surface area is 210 Å². The van der Waals surface area contributed by atoms with Crippen LogP contribution < -0.4 is 14.9 Å². The Balaban J connectivity index is 1.41. The van der Waals surface area contributed by atoms with Crippen molar-refractivity contribution in [1.29, 1.82) is 0 Å². The third-order valence-electron chi connectivity index (χ3n) is 4.85. The highest BCUT2D eigenvalue weighted by atomic mass is 79.9. The molecule has 4 rings (SSSR count). The van der Waals surface area contributed by atoms with E-state index in [4.69, 9.17) is 9.47 Å². The van der Waals surface area contributed by atoms with Gasteiger partial charge >= 0.3 is 0 Å². The summed E-state index contributed by atoms with van der Waals surface area (Å²) in [5.41, 5.74) is 6.42. The maximum absolute atomic E-state index is 13.1. The van der Waals surface area contributed by atoms with Crippen LogP contribution >= 0.6 is 27.7 Å². The largest absolute Gasteiger partial charge is 0.490 e. The maximum Gasteiger partial charge on any atom is 0.210 e. The lowest BCUT2D eigenvalue weighted by atomic mass is 10.2. The van der Waals surface area contributed by atoms with E-state index in [1.54, 1.807) is 23.1 Å². The van der Waals surface area contributed by atoms with E-state index in [-0.39, 0.29) is 5.82 Å². The molecule has 1 aromatic heterocycles. The van der Waals surface area contributed by atoms with Crippen LogP contribution in [-0.2, 0) is 18.9 Å². The van der Waals surface area contributed by atoms with Gasteiger partial charge in [-0.1, -0.05) is 54.2 Å². The van der Waals surface area contributed by atoms with Crippen LogP contribution in [0.4, 0.5) is 4.39 Å². The number of nitrogens with zero attached hydrogens (tertiary/aromatic N) is 3. The number of thioether (sulfide) groups is 1. The van der Waals surface area contributed by atoms with Crippen molar-refractivity contribution in [3.8, 4) is 11.5 Å². The van der Waals surface area contributed by atoms with E-state index in [9.17, 15) is 4.39 Å². The molecule has 9 heteroatoms. The van der Waals surface area contributed by atoms with E-state index >= 15 is 0 Å². The van der Waals surface area contributed by atoms with Gasteiger partial charge in [-0.3, -0.25) is 0 Å². The van der Waals surface area contributed by atoms with Gasteiger partial charge in [0.1, 0.15) is 18.8 Å². The molecular weight excluding hydrogens is 519 g/mol. The van der Waals surface area contributed by atoms with Crippen LogP contribution in [0.5, 0.6) is 11.5 Å². The summed E-state index contributed by atoms with van der Waals surface area (Å²) in [6.07, 6.45) is 1.63. The summed E-state index contributed by atoms with van der Waals surface area (Å²) in [5, 5.41) is 8.91. The Kier molecular flexibility index (Phi) is 8.43. The number of hydrogen-bond donors (Lipinski definition) is 1. The molecule has 0 aliphatic heterocycles. The van der Waals surface area contributed by atoms with Crippen LogP contribution in [0.1, 0.15) is 23.6 Å². The molecule has 3 aromatic carbocycles. The lowest BCUT2D eigenvalue weighted by Gasteiger charge is -2.16. The van der Waals surface area contributed by atoms with Gasteiger partial charge in [0, 0.05) is 5.75 Å². The quantitative estimate of drug-likeness (QED) is 0.228. The van der Waals surface area contributed by atoms with E-state index < -0.39 is 0 Å². The van der Waals surface area contributed by atoms with Crippen molar-refractivity contribution in [2.75, 3.05) is 12.0 Å². The summed E-state index contributed by atoms with van der Waals surface area (Å²) < 4.78 is 27.6. The molecule has 0 saturated heterocycles. The van der Waals surface area contributed by atoms with Crippen molar-refractivity contribution < 1.29 is 13.9 Å². The number of rotatable bonds is 11. The molecule has 0 fully saturated rings. The number of hydrogen-bond acceptors (Lipinski definition) is 6. The number of ether oxygens (including phenoxy) is 2. The van der Waals surface area contributed by atoms with E-state index in [2.05, 4.69) is 31.6 Å². The fraction of sp³-hybridized carbons (Fsp3) is 0.200. The second-order valence-corrected chi connectivity index (χ2v) is 9.14. The Hall–Kier alpha value is -3.04. The normalized spacial score (nSPS) is 10.8. The second-order valence-electron chi connectivity index (χ2n) is 7.35. The Morgan fingerprint density at radius 2 is 1.79 bits per heavy atom. The minimum absolute atomic E-state index is 0.243. The first-order chi connectivity index (χ1) is 16.6. The minimum Gasteiger partial charge on any atom is -0.490 e. The highest BCUT2D eigenvalue weighted by Gasteiger charge is 2.13. The van der Waals surface area contributed by atoms with E-state index in [1.165, 1.54) is 23.9 Å². The third-order valence-corrected chi connectivity index (χ3v) is 6.45. The van der Waals surface area contributed by atoms with E-state index in [1.807, 2.05) is 49.4 Å². The number of aromatic nitrogens is 3. The lowest BCUT2D eigenvalue weighted by Crippen LogP contribution is -2.15. The molecule has 1 heterocycles. The average molecular weight is 543 g/mol. The standard InChI is InChI=1S/C25H24BrFN4O2S/c1-2-32-23-13-20(12-22(26)24(23)33-15-18-6-4-3-5-7-18)14-29-31-17-28-30-25(31)34-16-19-8-10-21(27)11-9-19/h3-13,17,29H,2,14-16H2,1H3. The molecule has 6 nitrogen and oxygen atoms in total. The van der Waals surface area contributed by atoms with Crippen molar-refractivity contribution in [2.45, 2.75) is 31.0 Å². The van der Waals surface area contributed by atoms with Crippen molar-refractivity contribution in [2.24, 2.45) is 0 Å². The van der Waals surface area contributed by atoms with Crippen molar-refractivity contribution in [1.82, 2.24) is 14.9 Å². The summed E-state index contributed by atoms with van der Waals surface area (Å²) >= 11 is 5.16. The summed E-state index contributed by atoms with van der Waals surface area (Å²) in [6.45, 7) is 3.45. The predicted molar refractivity (Wildman–Crippen MR) is 135 cm³/mol. The molecule has 0 radical (unpaired) electrons. The molecule has 0 aliphatic rings. The van der Waals surface area contributed by atoms with Crippen LogP contribution in [0.25, 0.3) is 0 Å². The van der Waals surface area contributed by atoms with Crippen molar-refractivity contribution in [3.63, 3.8) is 0 Å². The summed E-state index contributed by atoms with van der Waals surface area (Å²) in [4.78, 5) is 0. The van der Waals surface area contributed by atoms with Crippen molar-refractivity contribution >= 4 is 27.7 Å². The zero-order valence-electron chi connectivity index (χ0n) is 18.6. The topological polar surface area (TPSA) is 61.2 Å². The van der Waals surface area contributed by atoms with Gasteiger partial charge in [0.05, 0.1) is 17.6 Å². The van der Waals surface area contributed by atoms with Gasteiger partial charge in [-0.05, 0) is 63.8 Å². The van der Waals surface area contributed by atoms with Gasteiger partial charge in [-0.2, -0.15) is 0 Å². The molecule has 0 spiro atoms. The predicted octanol–water partition coefficient (Wildman–Crippen LogP) is 6.19. The molecule has 0 atom stereocenters. The first-order valence-corrected chi connectivity index (χ1v) is 12.5. The fourth-order valence-corrected chi connectivity index (χ4v) is 4.64. The third kappa shape index (κ3) is 6.51. The highest BCUT2D eigenvalue weighted by Crippen LogP contribution is 2.37. The Bertz CT molecular complexity index is 1210. The molecular formula is C25H24BrFN4O2S. The molecule has 1 N–H and O–H groups in total. The Morgan fingerprint density at radius 3 is 2.56 bits per heavy atom. The smallest absolute Gasteiger partial charge is 0.210 e. The van der Waals surface area contributed by atoms with Gasteiger partial charge in [-0.15, -0.1) is 10.2 Å². The number of benzene rings is 3. The first kappa shape index (κ1) is 24.1. The van der Waals surface area contributed by atoms with Crippen LogP contribution in [0.2, 0.25) is 0 Å². The molecule has 0 amide bonds. The van der Waals surface area contributed by atoms with Gasteiger partial charge < -0.3 is 14.9 Å². The van der Waals surface area contributed by atoms with Crippen molar-refractivity contribution in [3.05, 3.63) is 100 Å². The monoisotopic (exact) mass is 542 g/mol. The molecule has 0 aliphatic carbocycles. The number of halogens is 2. The molecule has 4 aromatic rings. The average Bonchev–Trinajstić information content (AvgIpc) is 3.30. The van der Waals surface area contributed by atoms with Crippen LogP contribution in [0, 0.1) is 5.82 Å². The van der Waals surface area contributed by atoms with Gasteiger partial charge in [-0.25, -0.2) is 9.07 Å². The number of nitrogens with one attached hydrogen (secondary N) is 1. The van der Waals surface area contributed by atoms with E-state index in [0.29, 0.717) is 37.0 Å². The molecule has 0 saturated carbocycles. The lowest BCUT2D eigenvalue weighted by molar-refractivity contribution is 0.267. The molecule has 0 bridgehead atoms. The highest BCUT2D eigenvalue weighted by molar-refractivity contribution is 9.10. The summed E-state index contributed by atoms with van der Waals surface area (Å²) in [6, 6.07) is 20.4. The zero-order chi connectivity index (χ0) is 23.8. The van der Waals surface area contributed by atoms with Crippen LogP contribution in [-0.4, -0.2) is 21.5 Å². The summed E-state index contributed by atoms with van der Waals surface area (Å²) in [5.74, 6) is 1.77. The summed E-state index contributed by atoms with van der Waals surface area (Å²) in [7, 11) is 0. The van der Waals surface area contributed by atoms with Gasteiger partial charge in [0.25, 0.3) is 0 Å². The maximum atomic E-state index is 13.1. The minimum atomic E-state index is -0.243. The first-order valence-electron chi connectivity index (χ1n) is 10.8. The SMILES string of the molecule is CCOc1cc(CNn2cnnc2SCc2ccc(F)cc2)cc(Br)c1OCc1ccccc1. The Morgan fingerprint density at radius 1 is 1.00 bits per heavy atom. The second kappa shape index (κ2) is 11.9. The van der Waals surface area contributed by atoms with Gasteiger partial charge in [0.15, 0.2) is 11.5 Å². The van der Waals surface area contributed by atoms with E-state index in [0.717, 1.165) is 26.3 Å². The van der Waals surface area contributed by atoms with Crippen LogP contribution in [0.15, 0.2) is 82.7 Å². The molecule has 34 heavy (non-hydrogen) atoms. The zero-order valence-corrected chi connectivity index (χ0v) is 21.0. The molecule has 0 unspecified atom stereocenters. The van der Waals surface area contributed by atoms with Gasteiger partial charge in [0.2, 0.25) is 5.16 Å². The fourth-order valence-electron chi connectivity index (χ4n) is 3.19.